The number of hydrogen-bond acceptors (Lipinski definition) is 4. The lowest BCUT2D eigenvalue weighted by Gasteiger charge is -2.10. The highest BCUT2D eigenvalue weighted by molar-refractivity contribution is 6.30. The molecule has 33 heavy (non-hydrogen) atoms. The molecule has 0 amide bonds. The van der Waals surface area contributed by atoms with Crippen molar-refractivity contribution in [3.05, 3.63) is 118 Å². The molecule has 0 saturated carbocycles. The van der Waals surface area contributed by atoms with Crippen molar-refractivity contribution in [2.45, 2.75) is 0 Å². The molecule has 4 aromatic rings. The third kappa shape index (κ3) is 4.73. The van der Waals surface area contributed by atoms with E-state index in [0.29, 0.717) is 10.7 Å². The van der Waals surface area contributed by atoms with Gasteiger partial charge in [0.25, 0.3) is 0 Å². The van der Waals surface area contributed by atoms with E-state index in [1.165, 1.54) is 36.7 Å². The lowest BCUT2D eigenvalue weighted by atomic mass is 10.2. The van der Waals surface area contributed by atoms with Gasteiger partial charge < -0.3 is 10.3 Å². The van der Waals surface area contributed by atoms with Crippen molar-refractivity contribution in [1.82, 2.24) is 14.3 Å². The van der Waals surface area contributed by atoms with Gasteiger partial charge in [0.2, 0.25) is 5.43 Å². The summed E-state index contributed by atoms with van der Waals surface area (Å²) in [6.07, 6.45) is 5.69. The van der Waals surface area contributed by atoms with Crippen molar-refractivity contribution in [1.29, 1.82) is 0 Å². The zero-order valence-corrected chi connectivity index (χ0v) is 17.5. The van der Waals surface area contributed by atoms with Crippen LogP contribution in [0.2, 0.25) is 5.02 Å². The van der Waals surface area contributed by atoms with Crippen molar-refractivity contribution in [3.63, 3.8) is 0 Å². The molecule has 6 nitrogen and oxygen atoms in total. The first-order valence-corrected chi connectivity index (χ1v) is 9.89. The molecule has 10 heteroatoms. The number of nitrogens with two attached hydrogens (primary N) is 1. The van der Waals surface area contributed by atoms with Gasteiger partial charge in [-0.3, -0.25) is 4.79 Å². The molecule has 0 saturated heterocycles. The summed E-state index contributed by atoms with van der Waals surface area (Å²) < 4.78 is 43.8. The summed E-state index contributed by atoms with van der Waals surface area (Å²) in [5.41, 5.74) is 5.81. The number of rotatable bonds is 5. The average molecular weight is 470 g/mol. The second-order valence-electron chi connectivity index (χ2n) is 6.81. The summed E-state index contributed by atoms with van der Waals surface area (Å²) in [7, 11) is 0. The maximum absolute atomic E-state index is 14.9. The van der Waals surface area contributed by atoms with Crippen LogP contribution >= 0.6 is 11.6 Å². The van der Waals surface area contributed by atoms with Crippen LogP contribution in [-0.4, -0.2) is 20.1 Å². The second kappa shape index (κ2) is 9.17. The number of aromatic nitrogens is 3. The standard InChI is InChI=1S/C23H15ClF3N5O/c24-14-2-1-3-15(10-14)29-20(6-8-28)23-22(33)7-9-32(30-23)21-5-4-16(11-17(21)25)31-12-18(26)19(27)13-31/h1-13H,28H2. The number of aliphatic imine (C=N–C) groups is 1. The normalized spacial score (nSPS) is 11.9. The summed E-state index contributed by atoms with van der Waals surface area (Å²) >= 11 is 5.99. The van der Waals surface area contributed by atoms with E-state index in [4.69, 9.17) is 17.3 Å². The van der Waals surface area contributed by atoms with Crippen molar-refractivity contribution in [2.24, 2.45) is 10.7 Å². The van der Waals surface area contributed by atoms with E-state index in [1.54, 1.807) is 24.3 Å². The predicted molar refractivity (Wildman–Crippen MR) is 120 cm³/mol. The van der Waals surface area contributed by atoms with Gasteiger partial charge in [-0.2, -0.15) is 5.10 Å². The van der Waals surface area contributed by atoms with Crippen LogP contribution < -0.4 is 11.2 Å². The number of benzene rings is 2. The van der Waals surface area contributed by atoms with Crippen LogP contribution in [0.25, 0.3) is 11.4 Å². The Hall–Kier alpha value is -4.11. The SMILES string of the molecule is NC=CC(=Nc1cccc(Cl)c1)c1nn(-c2ccc(-n3cc(F)c(F)c3)cc2F)ccc1=O. The lowest BCUT2D eigenvalue weighted by Crippen LogP contribution is -2.20. The maximum Gasteiger partial charge on any atom is 0.209 e. The molecule has 0 radical (unpaired) electrons. The molecule has 166 valence electrons. The highest BCUT2D eigenvalue weighted by Crippen LogP contribution is 2.21. The molecular formula is C23H15ClF3N5O. The molecule has 2 N–H and O–H groups in total. The van der Waals surface area contributed by atoms with E-state index in [-0.39, 0.29) is 22.8 Å². The van der Waals surface area contributed by atoms with E-state index in [1.807, 2.05) is 0 Å². The Morgan fingerprint density at radius 3 is 2.45 bits per heavy atom. The van der Waals surface area contributed by atoms with Gasteiger partial charge in [-0.15, -0.1) is 0 Å². The maximum atomic E-state index is 14.9. The van der Waals surface area contributed by atoms with E-state index in [0.717, 1.165) is 27.7 Å². The summed E-state index contributed by atoms with van der Waals surface area (Å²) in [5.74, 6) is -2.83. The Morgan fingerprint density at radius 1 is 1.03 bits per heavy atom. The number of halogens is 4. The first kappa shape index (κ1) is 22.1. The van der Waals surface area contributed by atoms with Gasteiger partial charge in [0.05, 0.1) is 11.4 Å². The molecule has 0 aliphatic carbocycles. The monoisotopic (exact) mass is 469 g/mol. The molecule has 0 spiro atoms. The first-order chi connectivity index (χ1) is 15.9. The van der Waals surface area contributed by atoms with Crippen LogP contribution in [0.15, 0.2) is 89.2 Å². The van der Waals surface area contributed by atoms with E-state index in [9.17, 15) is 18.0 Å². The molecule has 4 rings (SSSR count). The van der Waals surface area contributed by atoms with Gasteiger partial charge in [-0.25, -0.2) is 22.8 Å². The first-order valence-electron chi connectivity index (χ1n) is 9.52. The summed E-state index contributed by atoms with van der Waals surface area (Å²) in [6.45, 7) is 0. The van der Waals surface area contributed by atoms with Gasteiger partial charge in [0.1, 0.15) is 5.69 Å². The van der Waals surface area contributed by atoms with Crippen LogP contribution in [0.4, 0.5) is 18.9 Å². The summed E-state index contributed by atoms with van der Waals surface area (Å²) in [4.78, 5) is 16.9. The molecular weight excluding hydrogens is 455 g/mol. The van der Waals surface area contributed by atoms with Gasteiger partial charge in [-0.1, -0.05) is 17.7 Å². The highest BCUT2D eigenvalue weighted by Gasteiger charge is 2.14. The van der Waals surface area contributed by atoms with Crippen LogP contribution in [0.1, 0.15) is 5.69 Å². The summed E-state index contributed by atoms with van der Waals surface area (Å²) in [6, 6.07) is 11.8. The molecule has 0 unspecified atom stereocenters. The van der Waals surface area contributed by atoms with Crippen LogP contribution in [0.5, 0.6) is 0 Å². The smallest absolute Gasteiger partial charge is 0.209 e. The topological polar surface area (TPSA) is 78.2 Å². The molecule has 0 bridgehead atoms. The fraction of sp³-hybridized carbons (Fsp3) is 0. The third-order valence-electron chi connectivity index (χ3n) is 4.57. The molecule has 0 aliphatic heterocycles. The van der Waals surface area contributed by atoms with Gasteiger partial charge in [0, 0.05) is 41.4 Å². The zero-order valence-electron chi connectivity index (χ0n) is 16.8. The third-order valence-corrected chi connectivity index (χ3v) is 4.81. The predicted octanol–water partition coefficient (Wildman–Crippen LogP) is 4.69. The van der Waals surface area contributed by atoms with Crippen molar-refractivity contribution in [3.8, 4) is 11.4 Å². The zero-order chi connectivity index (χ0) is 23.5. The number of hydrogen-bond donors (Lipinski definition) is 1. The van der Waals surface area contributed by atoms with E-state index >= 15 is 0 Å². The van der Waals surface area contributed by atoms with E-state index in [2.05, 4.69) is 10.1 Å². The Bertz CT molecular complexity index is 1440. The van der Waals surface area contributed by atoms with Crippen molar-refractivity contribution in [2.75, 3.05) is 0 Å². The molecule has 0 fully saturated rings. The Balaban J connectivity index is 1.77. The Morgan fingerprint density at radius 2 is 1.79 bits per heavy atom. The van der Waals surface area contributed by atoms with Crippen molar-refractivity contribution >= 4 is 23.0 Å². The average Bonchev–Trinajstić information content (AvgIpc) is 3.12. The molecule has 2 heterocycles. The van der Waals surface area contributed by atoms with Gasteiger partial charge in [0.15, 0.2) is 23.1 Å². The van der Waals surface area contributed by atoms with Crippen molar-refractivity contribution < 1.29 is 13.2 Å². The highest BCUT2D eigenvalue weighted by atomic mass is 35.5. The second-order valence-corrected chi connectivity index (χ2v) is 7.24. The Labute approximate surface area is 190 Å². The largest absolute Gasteiger partial charge is 0.405 e. The van der Waals surface area contributed by atoms with E-state index < -0.39 is 22.9 Å². The minimum atomic E-state index is -1.05. The van der Waals surface area contributed by atoms with Crippen LogP contribution in [0.3, 0.4) is 0 Å². The minimum Gasteiger partial charge on any atom is -0.405 e. The minimum absolute atomic E-state index is 0.00642. The Kier molecular flexibility index (Phi) is 6.14. The van der Waals surface area contributed by atoms with Crippen LogP contribution in [0, 0.1) is 17.5 Å². The molecule has 0 atom stereocenters. The number of allylic oxidation sites excluding steroid dienone is 1. The van der Waals surface area contributed by atoms with Crippen LogP contribution in [-0.2, 0) is 0 Å². The molecule has 2 aromatic carbocycles. The fourth-order valence-electron chi connectivity index (χ4n) is 3.06. The fourth-order valence-corrected chi connectivity index (χ4v) is 3.24. The van der Waals surface area contributed by atoms with Gasteiger partial charge >= 0.3 is 0 Å². The summed E-state index contributed by atoms with van der Waals surface area (Å²) in [5, 5.41) is 4.68. The number of nitrogens with zero attached hydrogens (tertiary/aromatic N) is 4. The van der Waals surface area contributed by atoms with Gasteiger partial charge in [-0.05, 0) is 42.6 Å². The molecule has 0 aliphatic rings. The quantitative estimate of drug-likeness (QED) is 0.431. The lowest BCUT2D eigenvalue weighted by molar-refractivity contribution is 0.516. The molecule has 2 aromatic heterocycles.